The Balaban J connectivity index is 2.75. The molecule has 110 valence electrons. The number of amides is 1. The zero-order valence-electron chi connectivity index (χ0n) is 13.4. The Morgan fingerprint density at radius 2 is 1.55 bits per heavy atom. The van der Waals surface area contributed by atoms with E-state index in [9.17, 15) is 4.79 Å². The summed E-state index contributed by atoms with van der Waals surface area (Å²) in [6.07, 6.45) is 0.857. The van der Waals surface area contributed by atoms with Gasteiger partial charge in [0.05, 0.1) is 0 Å². The summed E-state index contributed by atoms with van der Waals surface area (Å²) in [5.74, 6) is 0.239. The zero-order valence-corrected chi connectivity index (χ0v) is 13.4. The number of carbonyl (C=O) groups is 1. The van der Waals surface area contributed by atoms with Crippen LogP contribution in [0.5, 0.6) is 0 Å². The third-order valence-electron chi connectivity index (χ3n) is 3.60. The van der Waals surface area contributed by atoms with Gasteiger partial charge in [-0.15, -0.1) is 0 Å². The van der Waals surface area contributed by atoms with Crippen molar-refractivity contribution in [3.8, 4) is 0 Å². The number of carbonyl (C=O) groups excluding carboxylic acids is 1. The molecule has 0 fully saturated rings. The molecule has 0 bridgehead atoms. The average Bonchev–Trinajstić information content (AvgIpc) is 2.37. The lowest BCUT2D eigenvalue weighted by molar-refractivity contribution is -0.131. The van der Waals surface area contributed by atoms with E-state index in [1.54, 1.807) is 0 Å². The van der Waals surface area contributed by atoms with Crippen molar-refractivity contribution in [3.63, 3.8) is 0 Å². The Kier molecular flexibility index (Phi) is 6.00. The van der Waals surface area contributed by atoms with Crippen molar-refractivity contribution in [2.24, 2.45) is 5.92 Å². The Bertz CT molecular complexity index is 440. The average molecular weight is 273 g/mol. The van der Waals surface area contributed by atoms with Crippen LogP contribution in [0.3, 0.4) is 0 Å². The highest BCUT2D eigenvalue weighted by Crippen LogP contribution is 2.20. The highest BCUT2D eigenvalue weighted by molar-refractivity contribution is 5.93. The Labute approximate surface area is 123 Å². The molecule has 0 aromatic heterocycles. The molecule has 1 unspecified atom stereocenters. The molecule has 0 saturated heterocycles. The van der Waals surface area contributed by atoms with Gasteiger partial charge < -0.3 is 4.90 Å². The second-order valence-electron chi connectivity index (χ2n) is 6.02. The van der Waals surface area contributed by atoms with E-state index in [2.05, 4.69) is 25.6 Å². The van der Waals surface area contributed by atoms with Crippen LogP contribution in [-0.4, -0.2) is 22.9 Å². The molecule has 0 N–H and O–H groups in total. The number of nitrogens with zero attached hydrogens (tertiary/aromatic N) is 1. The van der Waals surface area contributed by atoms with Gasteiger partial charge in [0.15, 0.2) is 0 Å². The van der Waals surface area contributed by atoms with E-state index in [0.29, 0.717) is 5.57 Å². The van der Waals surface area contributed by atoms with Crippen molar-refractivity contribution in [2.75, 3.05) is 0 Å². The number of benzene rings is 1. The van der Waals surface area contributed by atoms with Gasteiger partial charge in [0.25, 0.3) is 0 Å². The Hall–Kier alpha value is -1.57. The summed E-state index contributed by atoms with van der Waals surface area (Å²) in [4.78, 5) is 14.5. The van der Waals surface area contributed by atoms with Crippen molar-refractivity contribution in [3.05, 3.63) is 48.0 Å². The Morgan fingerprint density at radius 3 is 2.00 bits per heavy atom. The predicted octanol–water partition coefficient (Wildman–Crippen LogP) is 4.07. The lowest BCUT2D eigenvalue weighted by Gasteiger charge is -2.32. The zero-order chi connectivity index (χ0) is 15.3. The molecule has 0 aliphatic heterocycles. The molecule has 0 aliphatic rings. The van der Waals surface area contributed by atoms with Crippen LogP contribution < -0.4 is 0 Å². The highest BCUT2D eigenvalue weighted by Gasteiger charge is 2.25. The third-order valence-corrected chi connectivity index (χ3v) is 3.60. The van der Waals surface area contributed by atoms with Crippen LogP contribution in [0, 0.1) is 5.92 Å². The van der Waals surface area contributed by atoms with Gasteiger partial charge in [-0.05, 0) is 45.6 Å². The van der Waals surface area contributed by atoms with Gasteiger partial charge in [0.1, 0.15) is 0 Å². The molecule has 0 aliphatic carbocycles. The minimum Gasteiger partial charge on any atom is -0.334 e. The van der Waals surface area contributed by atoms with E-state index >= 15 is 0 Å². The first-order chi connectivity index (χ1) is 9.34. The molecule has 1 aromatic rings. The van der Waals surface area contributed by atoms with Crippen LogP contribution in [-0.2, 0) is 11.2 Å². The lowest BCUT2D eigenvalue weighted by Crippen LogP contribution is -2.43. The molecule has 2 heteroatoms. The summed E-state index contributed by atoms with van der Waals surface area (Å²) < 4.78 is 0. The van der Waals surface area contributed by atoms with Crippen molar-refractivity contribution >= 4 is 5.91 Å². The molecule has 0 spiro atoms. The number of rotatable bonds is 6. The molecule has 2 nitrogen and oxygen atoms in total. The van der Waals surface area contributed by atoms with Crippen LogP contribution in [0.25, 0.3) is 0 Å². The van der Waals surface area contributed by atoms with E-state index in [0.717, 1.165) is 6.42 Å². The van der Waals surface area contributed by atoms with Crippen molar-refractivity contribution < 1.29 is 4.79 Å². The maximum absolute atomic E-state index is 12.6. The molecule has 20 heavy (non-hydrogen) atoms. The van der Waals surface area contributed by atoms with Gasteiger partial charge in [-0.2, -0.15) is 0 Å². The fourth-order valence-corrected chi connectivity index (χ4v) is 2.53. The Morgan fingerprint density at radius 1 is 1.05 bits per heavy atom. The molecule has 1 aromatic carbocycles. The van der Waals surface area contributed by atoms with Crippen LogP contribution in [0.1, 0.15) is 40.2 Å². The molecule has 1 amide bonds. The van der Waals surface area contributed by atoms with E-state index < -0.39 is 0 Å². The maximum atomic E-state index is 12.6. The van der Waals surface area contributed by atoms with Crippen molar-refractivity contribution in [2.45, 2.75) is 53.1 Å². The summed E-state index contributed by atoms with van der Waals surface area (Å²) in [6.45, 7) is 14.3. The van der Waals surface area contributed by atoms with Crippen molar-refractivity contribution in [1.82, 2.24) is 4.90 Å². The molecule has 1 atom stereocenters. The van der Waals surface area contributed by atoms with Crippen LogP contribution in [0.4, 0.5) is 0 Å². The van der Waals surface area contributed by atoms with Gasteiger partial charge in [0, 0.05) is 17.7 Å². The first kappa shape index (κ1) is 16.5. The smallest absolute Gasteiger partial charge is 0.249 e. The normalized spacial score (nSPS) is 12.6. The molecule has 1 rings (SSSR count). The van der Waals surface area contributed by atoms with Gasteiger partial charge in [0.2, 0.25) is 5.91 Å². The van der Waals surface area contributed by atoms with Crippen LogP contribution >= 0.6 is 0 Å². The van der Waals surface area contributed by atoms with E-state index in [4.69, 9.17) is 0 Å². The highest BCUT2D eigenvalue weighted by atomic mass is 16.2. The predicted molar refractivity (Wildman–Crippen MR) is 85.6 cm³/mol. The van der Waals surface area contributed by atoms with Gasteiger partial charge in [-0.3, -0.25) is 4.79 Å². The number of hydrogen-bond acceptors (Lipinski definition) is 1. The van der Waals surface area contributed by atoms with Crippen LogP contribution in [0.15, 0.2) is 42.5 Å². The summed E-state index contributed by atoms with van der Waals surface area (Å²) >= 11 is 0. The van der Waals surface area contributed by atoms with E-state index in [-0.39, 0.29) is 23.9 Å². The fraction of sp³-hybridized carbons (Fsp3) is 0.500. The monoisotopic (exact) mass is 273 g/mol. The topological polar surface area (TPSA) is 20.3 Å². The SMILES string of the molecule is C=C(C(=O)N(C(C)C)C(C)C)C(C)Cc1ccccc1. The number of hydrogen-bond donors (Lipinski definition) is 0. The summed E-state index contributed by atoms with van der Waals surface area (Å²) in [6, 6.07) is 10.6. The molecular weight excluding hydrogens is 246 g/mol. The van der Waals surface area contributed by atoms with Crippen LogP contribution in [0.2, 0.25) is 0 Å². The standard InChI is InChI=1S/C18H27NO/c1-13(2)19(14(3)4)18(20)16(6)15(5)12-17-10-8-7-9-11-17/h7-11,13-15H,6,12H2,1-5H3. The van der Waals surface area contributed by atoms with Crippen molar-refractivity contribution in [1.29, 1.82) is 0 Å². The molecular formula is C18H27NO. The minimum atomic E-state index is 0.0819. The first-order valence-electron chi connectivity index (χ1n) is 7.40. The summed E-state index contributed by atoms with van der Waals surface area (Å²) in [5.41, 5.74) is 1.95. The second kappa shape index (κ2) is 7.28. The second-order valence-corrected chi connectivity index (χ2v) is 6.02. The largest absolute Gasteiger partial charge is 0.334 e. The van der Waals surface area contributed by atoms with E-state index in [1.165, 1.54) is 5.56 Å². The minimum absolute atomic E-state index is 0.0819. The lowest BCUT2D eigenvalue weighted by atomic mass is 9.93. The first-order valence-corrected chi connectivity index (χ1v) is 7.40. The summed E-state index contributed by atoms with van der Waals surface area (Å²) in [5, 5.41) is 0. The van der Waals surface area contributed by atoms with E-state index in [1.807, 2.05) is 50.8 Å². The molecule has 0 radical (unpaired) electrons. The molecule has 0 saturated carbocycles. The summed E-state index contributed by atoms with van der Waals surface area (Å²) in [7, 11) is 0. The van der Waals surface area contributed by atoms with Gasteiger partial charge in [-0.1, -0.05) is 43.8 Å². The fourth-order valence-electron chi connectivity index (χ4n) is 2.53. The van der Waals surface area contributed by atoms with Gasteiger partial charge in [-0.25, -0.2) is 0 Å². The molecule has 0 heterocycles. The maximum Gasteiger partial charge on any atom is 0.249 e. The third kappa shape index (κ3) is 4.22. The quantitative estimate of drug-likeness (QED) is 0.716. The van der Waals surface area contributed by atoms with Gasteiger partial charge >= 0.3 is 0 Å².